The molecule has 0 saturated carbocycles. The second kappa shape index (κ2) is 7.12. The first-order valence-electron chi connectivity index (χ1n) is 9.16. The van der Waals surface area contributed by atoms with Gasteiger partial charge in [0.05, 0.1) is 16.1 Å². The number of hydrogen-bond acceptors (Lipinski definition) is 7. The van der Waals surface area contributed by atoms with Gasteiger partial charge in [-0.1, -0.05) is 53.7 Å². The van der Waals surface area contributed by atoms with Gasteiger partial charge in [0.1, 0.15) is 0 Å². The molecule has 0 unspecified atom stereocenters. The number of nitrogens with one attached hydrogen (secondary N) is 2. The van der Waals surface area contributed by atoms with Crippen LogP contribution in [-0.2, 0) is 9.84 Å². The van der Waals surface area contributed by atoms with E-state index in [2.05, 4.69) is 26.1 Å². The van der Waals surface area contributed by atoms with E-state index in [1.807, 2.05) is 54.6 Å². The molecule has 5 rings (SSSR count). The molecule has 0 saturated heterocycles. The van der Waals surface area contributed by atoms with E-state index in [9.17, 15) is 8.42 Å². The van der Waals surface area contributed by atoms with Gasteiger partial charge in [0, 0.05) is 5.39 Å². The van der Waals surface area contributed by atoms with Crippen LogP contribution in [0.1, 0.15) is 0 Å². The zero-order valence-corrected chi connectivity index (χ0v) is 16.4. The lowest BCUT2D eigenvalue weighted by Crippen LogP contribution is -2.12. The van der Waals surface area contributed by atoms with Gasteiger partial charge in [0.15, 0.2) is 11.5 Å². The molecular formula is C21H16N6O2S. The van der Waals surface area contributed by atoms with Crippen molar-refractivity contribution in [2.75, 3.05) is 10.9 Å². The maximum atomic E-state index is 13.1. The number of rotatable bonds is 5. The quantitative estimate of drug-likeness (QED) is 0.423. The van der Waals surface area contributed by atoms with Gasteiger partial charge in [-0.25, -0.2) is 13.4 Å². The number of fused-ring (bicyclic) bond motifs is 3. The molecule has 9 heteroatoms. The van der Waals surface area contributed by atoms with E-state index in [0.717, 1.165) is 11.1 Å². The number of benzene rings is 3. The van der Waals surface area contributed by atoms with Crippen molar-refractivity contribution in [3.8, 4) is 0 Å². The highest BCUT2D eigenvalue weighted by molar-refractivity contribution is 7.91. The summed E-state index contributed by atoms with van der Waals surface area (Å²) >= 11 is 0. The maximum Gasteiger partial charge on any atom is 0.229 e. The molecule has 8 nitrogen and oxygen atoms in total. The molecule has 0 radical (unpaired) electrons. The van der Waals surface area contributed by atoms with Crippen LogP contribution in [0.15, 0.2) is 94.9 Å². The van der Waals surface area contributed by atoms with Crippen LogP contribution in [0, 0.1) is 0 Å². The topological polar surface area (TPSA) is 101 Å². The molecule has 0 spiro atoms. The molecule has 2 aromatic heterocycles. The van der Waals surface area contributed by atoms with Gasteiger partial charge in [0.2, 0.25) is 14.9 Å². The van der Waals surface area contributed by atoms with E-state index < -0.39 is 9.84 Å². The Bertz CT molecular complexity index is 1450. The number of hydrogen-bond donors (Lipinski definition) is 2. The Morgan fingerprint density at radius 2 is 1.43 bits per heavy atom. The van der Waals surface area contributed by atoms with Crippen LogP contribution < -0.4 is 10.9 Å². The van der Waals surface area contributed by atoms with Crippen LogP contribution >= 0.6 is 0 Å². The second-order valence-electron chi connectivity index (χ2n) is 6.54. The highest BCUT2D eigenvalue weighted by atomic mass is 32.2. The lowest BCUT2D eigenvalue weighted by atomic mass is 10.2. The smallest absolute Gasteiger partial charge is 0.229 e. The Morgan fingerprint density at radius 1 is 0.767 bits per heavy atom. The minimum Gasteiger partial charge on any atom is -0.300 e. The van der Waals surface area contributed by atoms with Gasteiger partial charge in [0.25, 0.3) is 0 Å². The minimum atomic E-state index is -3.88. The number of sulfone groups is 1. The molecule has 0 aliphatic carbocycles. The Balaban J connectivity index is 1.68. The maximum absolute atomic E-state index is 13.1. The summed E-state index contributed by atoms with van der Waals surface area (Å²) < 4.78 is 27.7. The third-order valence-electron chi connectivity index (χ3n) is 4.63. The van der Waals surface area contributed by atoms with Crippen LogP contribution in [0.25, 0.3) is 16.6 Å². The molecule has 0 aliphatic rings. The zero-order chi connectivity index (χ0) is 20.6. The number of para-hydroxylation sites is 2. The van der Waals surface area contributed by atoms with E-state index in [1.165, 1.54) is 16.6 Å². The Kier molecular flexibility index (Phi) is 4.29. The molecule has 2 heterocycles. The number of hydrazine groups is 1. The third kappa shape index (κ3) is 3.01. The molecule has 3 aromatic carbocycles. The minimum absolute atomic E-state index is 0.138. The predicted octanol–water partition coefficient (Wildman–Crippen LogP) is 3.55. The van der Waals surface area contributed by atoms with E-state index in [1.54, 1.807) is 18.2 Å². The van der Waals surface area contributed by atoms with Crippen LogP contribution in [0.5, 0.6) is 0 Å². The van der Waals surface area contributed by atoms with Gasteiger partial charge in [-0.3, -0.25) is 10.9 Å². The molecule has 0 fully saturated rings. The SMILES string of the molecule is O=S(=O)(c1ccccc1)c1nnn2c1nc(NNc1ccccc1)c1ccccc12. The summed E-state index contributed by atoms with van der Waals surface area (Å²) in [5.74, 6) is 0.466. The van der Waals surface area contributed by atoms with Crippen LogP contribution in [0.2, 0.25) is 0 Å². The molecule has 0 atom stereocenters. The van der Waals surface area contributed by atoms with Crippen molar-refractivity contribution in [3.05, 3.63) is 84.9 Å². The fourth-order valence-corrected chi connectivity index (χ4v) is 4.43. The van der Waals surface area contributed by atoms with E-state index in [0.29, 0.717) is 11.3 Å². The molecule has 148 valence electrons. The fraction of sp³-hybridized carbons (Fsp3) is 0. The highest BCUT2D eigenvalue weighted by Gasteiger charge is 2.26. The van der Waals surface area contributed by atoms with Crippen LogP contribution in [-0.4, -0.2) is 28.2 Å². The van der Waals surface area contributed by atoms with Crippen LogP contribution in [0.4, 0.5) is 11.5 Å². The molecule has 0 amide bonds. The summed E-state index contributed by atoms with van der Waals surface area (Å²) in [7, 11) is -3.88. The van der Waals surface area contributed by atoms with Crippen molar-refractivity contribution >= 4 is 37.9 Å². The van der Waals surface area contributed by atoms with E-state index in [4.69, 9.17) is 0 Å². The molecule has 30 heavy (non-hydrogen) atoms. The van der Waals surface area contributed by atoms with Crippen molar-refractivity contribution in [1.82, 2.24) is 19.8 Å². The van der Waals surface area contributed by atoms with E-state index >= 15 is 0 Å². The van der Waals surface area contributed by atoms with Crippen molar-refractivity contribution in [2.24, 2.45) is 0 Å². The summed E-state index contributed by atoms with van der Waals surface area (Å²) in [5.41, 5.74) is 7.84. The average molecular weight is 416 g/mol. The van der Waals surface area contributed by atoms with Gasteiger partial charge in [-0.05, 0) is 36.4 Å². The lowest BCUT2D eigenvalue weighted by Gasteiger charge is -2.12. The predicted molar refractivity (Wildman–Crippen MR) is 114 cm³/mol. The lowest BCUT2D eigenvalue weighted by molar-refractivity contribution is 0.592. The summed E-state index contributed by atoms with van der Waals surface area (Å²) in [4.78, 5) is 4.69. The molecule has 5 aromatic rings. The van der Waals surface area contributed by atoms with E-state index in [-0.39, 0.29) is 15.6 Å². The summed E-state index contributed by atoms with van der Waals surface area (Å²) in [6.07, 6.45) is 0. The number of anilines is 2. The van der Waals surface area contributed by atoms with Crippen molar-refractivity contribution in [1.29, 1.82) is 0 Å². The summed E-state index contributed by atoms with van der Waals surface area (Å²) in [6.45, 7) is 0. The van der Waals surface area contributed by atoms with Gasteiger partial charge in [-0.15, -0.1) is 5.10 Å². The Hall–Kier alpha value is -3.98. The fourth-order valence-electron chi connectivity index (χ4n) is 3.18. The van der Waals surface area contributed by atoms with Gasteiger partial charge < -0.3 is 0 Å². The van der Waals surface area contributed by atoms with Crippen molar-refractivity contribution in [3.63, 3.8) is 0 Å². The van der Waals surface area contributed by atoms with Crippen molar-refractivity contribution < 1.29 is 8.42 Å². The van der Waals surface area contributed by atoms with Crippen molar-refractivity contribution in [2.45, 2.75) is 9.92 Å². The average Bonchev–Trinajstić information content (AvgIpc) is 3.24. The summed E-state index contributed by atoms with van der Waals surface area (Å²) in [6, 6.07) is 25.1. The molecular weight excluding hydrogens is 400 g/mol. The molecule has 0 bridgehead atoms. The normalized spacial score (nSPS) is 11.6. The molecule has 0 aliphatic heterocycles. The number of nitrogens with zero attached hydrogens (tertiary/aromatic N) is 4. The van der Waals surface area contributed by atoms with Gasteiger partial charge >= 0.3 is 0 Å². The highest BCUT2D eigenvalue weighted by Crippen LogP contribution is 2.27. The third-order valence-corrected chi connectivity index (χ3v) is 6.30. The monoisotopic (exact) mass is 416 g/mol. The standard InChI is InChI=1S/C21H16N6O2S/c28-30(29,16-11-5-2-6-12-16)21-20-22-19(24-23-15-9-3-1-4-10-15)17-13-7-8-14-18(17)27(20)26-25-21/h1-14,23H,(H,22,24). The van der Waals surface area contributed by atoms with Crippen LogP contribution in [0.3, 0.4) is 0 Å². The number of aromatic nitrogens is 4. The first-order chi connectivity index (χ1) is 14.6. The summed E-state index contributed by atoms with van der Waals surface area (Å²) in [5, 5.41) is 8.62. The molecule has 2 N–H and O–H groups in total. The first kappa shape index (κ1) is 18.1. The Labute approximate surface area is 172 Å². The second-order valence-corrected chi connectivity index (χ2v) is 8.41. The zero-order valence-electron chi connectivity index (χ0n) is 15.6. The Morgan fingerprint density at radius 3 is 2.20 bits per heavy atom. The largest absolute Gasteiger partial charge is 0.300 e. The first-order valence-corrected chi connectivity index (χ1v) is 10.6. The van der Waals surface area contributed by atoms with Gasteiger partial charge in [-0.2, -0.15) is 4.52 Å².